The highest BCUT2D eigenvalue weighted by molar-refractivity contribution is 6.18. The smallest absolute Gasteiger partial charge is 0.124 e. The van der Waals surface area contributed by atoms with Crippen LogP contribution in [0.1, 0.15) is 18.4 Å². The Morgan fingerprint density at radius 2 is 2.06 bits per heavy atom. The Morgan fingerprint density at radius 3 is 2.81 bits per heavy atom. The summed E-state index contributed by atoms with van der Waals surface area (Å²) in [4.78, 5) is 2.33. The highest BCUT2D eigenvalue weighted by Gasteiger charge is 2.20. The molecule has 2 nitrogen and oxygen atoms in total. The minimum absolute atomic E-state index is 0.0735. The topological polar surface area (TPSA) is 12.5 Å². The van der Waals surface area contributed by atoms with Crippen LogP contribution in [0.15, 0.2) is 30.3 Å². The average molecular weight is 240 g/mol. The van der Waals surface area contributed by atoms with Crippen LogP contribution in [0.2, 0.25) is 0 Å². The van der Waals surface area contributed by atoms with Gasteiger partial charge in [-0.2, -0.15) is 0 Å². The highest BCUT2D eigenvalue weighted by Crippen LogP contribution is 2.15. The molecule has 1 unspecified atom stereocenters. The predicted octanol–water partition coefficient (Wildman–Crippen LogP) is 2.86. The lowest BCUT2D eigenvalue weighted by Gasteiger charge is -2.27. The molecule has 1 aliphatic heterocycles. The Labute approximate surface area is 102 Å². The van der Waals surface area contributed by atoms with Crippen LogP contribution < -0.4 is 0 Å². The molecule has 1 aromatic carbocycles. The number of nitrogens with zero attached hydrogens (tertiary/aromatic N) is 1. The van der Waals surface area contributed by atoms with E-state index in [-0.39, 0.29) is 6.23 Å². The van der Waals surface area contributed by atoms with Crippen molar-refractivity contribution in [2.45, 2.75) is 25.6 Å². The lowest BCUT2D eigenvalue weighted by molar-refractivity contribution is -0.0317. The lowest BCUT2D eigenvalue weighted by Crippen LogP contribution is -2.37. The second-order valence-corrected chi connectivity index (χ2v) is 4.45. The third-order valence-corrected chi connectivity index (χ3v) is 3.18. The van der Waals surface area contributed by atoms with E-state index in [1.54, 1.807) is 0 Å². The quantitative estimate of drug-likeness (QED) is 0.753. The molecule has 2 rings (SSSR count). The molecule has 88 valence electrons. The third kappa shape index (κ3) is 3.21. The van der Waals surface area contributed by atoms with Gasteiger partial charge in [-0.3, -0.25) is 4.90 Å². The van der Waals surface area contributed by atoms with Crippen molar-refractivity contribution in [3.05, 3.63) is 35.9 Å². The van der Waals surface area contributed by atoms with E-state index in [1.807, 2.05) is 6.07 Å². The first-order chi connectivity index (χ1) is 7.90. The van der Waals surface area contributed by atoms with Gasteiger partial charge in [-0.25, -0.2) is 0 Å². The summed E-state index contributed by atoms with van der Waals surface area (Å²) in [6.45, 7) is 2.84. The first kappa shape index (κ1) is 11.9. The van der Waals surface area contributed by atoms with Crippen LogP contribution in [0.4, 0.5) is 0 Å². The predicted molar refractivity (Wildman–Crippen MR) is 66.5 cm³/mol. The maximum atomic E-state index is 5.95. The van der Waals surface area contributed by atoms with Crippen molar-refractivity contribution in [2.24, 2.45) is 0 Å². The molecule has 3 heteroatoms. The number of benzene rings is 1. The van der Waals surface area contributed by atoms with Gasteiger partial charge in [0.05, 0.1) is 5.88 Å². The van der Waals surface area contributed by atoms with Gasteiger partial charge in [-0.1, -0.05) is 30.3 Å². The Kier molecular flexibility index (Phi) is 4.64. The van der Waals surface area contributed by atoms with Gasteiger partial charge >= 0.3 is 0 Å². The SMILES string of the molecule is ClCC1OCCCCN1Cc1ccccc1. The van der Waals surface area contributed by atoms with Crippen LogP contribution in [0.25, 0.3) is 0 Å². The van der Waals surface area contributed by atoms with E-state index < -0.39 is 0 Å². The molecule has 1 fully saturated rings. The van der Waals surface area contributed by atoms with Gasteiger partial charge in [0.25, 0.3) is 0 Å². The van der Waals surface area contributed by atoms with Crippen LogP contribution in [0, 0.1) is 0 Å². The molecular formula is C13H18ClNO. The third-order valence-electron chi connectivity index (χ3n) is 2.92. The minimum Gasteiger partial charge on any atom is -0.362 e. The molecule has 1 aliphatic rings. The average Bonchev–Trinajstić information content (AvgIpc) is 2.55. The van der Waals surface area contributed by atoms with E-state index in [0.29, 0.717) is 5.88 Å². The molecule has 1 heterocycles. The summed E-state index contributed by atoms with van der Waals surface area (Å²) in [6, 6.07) is 10.5. The van der Waals surface area contributed by atoms with E-state index in [9.17, 15) is 0 Å². The molecule has 1 aromatic rings. The molecule has 0 aliphatic carbocycles. The van der Waals surface area contributed by atoms with E-state index in [1.165, 1.54) is 12.0 Å². The van der Waals surface area contributed by atoms with Crippen molar-refractivity contribution in [1.29, 1.82) is 0 Å². The largest absolute Gasteiger partial charge is 0.362 e. The maximum Gasteiger partial charge on any atom is 0.124 e. The molecule has 1 saturated heterocycles. The normalized spacial score (nSPS) is 22.9. The zero-order valence-electron chi connectivity index (χ0n) is 9.44. The van der Waals surface area contributed by atoms with Gasteiger partial charge < -0.3 is 4.74 Å². The number of rotatable bonds is 3. The summed E-state index contributed by atoms with van der Waals surface area (Å²) in [5.74, 6) is 0.548. The first-order valence-electron chi connectivity index (χ1n) is 5.85. The zero-order valence-corrected chi connectivity index (χ0v) is 10.2. The number of ether oxygens (including phenoxy) is 1. The van der Waals surface area contributed by atoms with Gasteiger partial charge in [0.15, 0.2) is 0 Å². The van der Waals surface area contributed by atoms with Gasteiger partial charge in [-0.15, -0.1) is 11.6 Å². The monoisotopic (exact) mass is 239 g/mol. The minimum atomic E-state index is 0.0735. The van der Waals surface area contributed by atoms with Gasteiger partial charge in [0.2, 0.25) is 0 Å². The van der Waals surface area contributed by atoms with Gasteiger partial charge in [0, 0.05) is 19.7 Å². The van der Waals surface area contributed by atoms with Crippen LogP contribution >= 0.6 is 11.6 Å². The highest BCUT2D eigenvalue weighted by atomic mass is 35.5. The number of hydrogen-bond acceptors (Lipinski definition) is 2. The van der Waals surface area contributed by atoms with E-state index in [4.69, 9.17) is 16.3 Å². The second kappa shape index (κ2) is 6.24. The number of hydrogen-bond donors (Lipinski definition) is 0. The Hall–Kier alpha value is -0.570. The van der Waals surface area contributed by atoms with Crippen LogP contribution in [0.3, 0.4) is 0 Å². The van der Waals surface area contributed by atoms with Crippen molar-refractivity contribution in [1.82, 2.24) is 4.90 Å². The van der Waals surface area contributed by atoms with E-state index in [2.05, 4.69) is 29.2 Å². The molecule has 16 heavy (non-hydrogen) atoms. The Morgan fingerprint density at radius 1 is 1.25 bits per heavy atom. The molecule has 0 amide bonds. The van der Waals surface area contributed by atoms with Crippen molar-refractivity contribution in [3.8, 4) is 0 Å². The molecule has 0 aromatic heterocycles. The van der Waals surface area contributed by atoms with E-state index in [0.717, 1.165) is 26.1 Å². The molecule has 0 bridgehead atoms. The fourth-order valence-electron chi connectivity index (χ4n) is 2.03. The van der Waals surface area contributed by atoms with Crippen molar-refractivity contribution in [3.63, 3.8) is 0 Å². The molecule has 0 N–H and O–H groups in total. The van der Waals surface area contributed by atoms with Crippen LogP contribution in [-0.4, -0.2) is 30.2 Å². The van der Waals surface area contributed by atoms with Gasteiger partial charge in [-0.05, 0) is 18.4 Å². The fraction of sp³-hybridized carbons (Fsp3) is 0.538. The summed E-state index contributed by atoms with van der Waals surface area (Å²) in [5.41, 5.74) is 1.32. The Bertz CT molecular complexity index is 304. The van der Waals surface area contributed by atoms with Crippen molar-refractivity contribution < 1.29 is 4.74 Å². The Balaban J connectivity index is 2.00. The molecule has 0 radical (unpaired) electrons. The van der Waals surface area contributed by atoms with Gasteiger partial charge in [0.1, 0.15) is 6.23 Å². The fourth-order valence-corrected chi connectivity index (χ4v) is 2.31. The van der Waals surface area contributed by atoms with Crippen molar-refractivity contribution >= 4 is 11.6 Å². The standard InChI is InChI=1S/C13H18ClNO/c14-10-13-15(8-4-5-9-16-13)11-12-6-2-1-3-7-12/h1-3,6-7,13H,4-5,8-11H2. The lowest BCUT2D eigenvalue weighted by atomic mass is 10.2. The van der Waals surface area contributed by atoms with Crippen LogP contribution in [0.5, 0.6) is 0 Å². The molecule has 0 spiro atoms. The number of halogens is 1. The summed E-state index contributed by atoms with van der Waals surface area (Å²) >= 11 is 5.95. The zero-order chi connectivity index (χ0) is 11.2. The van der Waals surface area contributed by atoms with E-state index >= 15 is 0 Å². The summed E-state index contributed by atoms with van der Waals surface area (Å²) in [7, 11) is 0. The maximum absolute atomic E-state index is 5.95. The molecular weight excluding hydrogens is 222 g/mol. The molecule has 1 atom stereocenters. The van der Waals surface area contributed by atoms with Crippen molar-refractivity contribution in [2.75, 3.05) is 19.0 Å². The summed E-state index contributed by atoms with van der Waals surface area (Å²) < 4.78 is 5.73. The molecule has 0 saturated carbocycles. The first-order valence-corrected chi connectivity index (χ1v) is 6.39. The van der Waals surface area contributed by atoms with Crippen LogP contribution in [-0.2, 0) is 11.3 Å². The summed E-state index contributed by atoms with van der Waals surface area (Å²) in [5, 5.41) is 0. The second-order valence-electron chi connectivity index (χ2n) is 4.14. The summed E-state index contributed by atoms with van der Waals surface area (Å²) in [6.07, 6.45) is 2.41. The number of alkyl halides is 1.